The highest BCUT2D eigenvalue weighted by atomic mass is 32.2. The molecular weight excluding hydrogens is 334 g/mol. The maximum atomic E-state index is 12.1. The molecule has 0 radical (unpaired) electrons. The molecule has 0 aliphatic heterocycles. The van der Waals surface area contributed by atoms with Gasteiger partial charge < -0.3 is 9.47 Å². The Hall–Kier alpha value is -2.53. The van der Waals surface area contributed by atoms with E-state index in [1.807, 2.05) is 0 Å². The maximum Gasteiger partial charge on any atom is 0.337 e. The minimum absolute atomic E-state index is 0.317. The van der Waals surface area contributed by atoms with E-state index in [0.29, 0.717) is 0 Å². The van der Waals surface area contributed by atoms with Crippen LogP contribution in [0, 0.1) is 10.1 Å². The second-order valence-corrected chi connectivity index (χ2v) is 5.67. The quantitative estimate of drug-likeness (QED) is 0.297. The fourth-order valence-corrected chi connectivity index (χ4v) is 2.50. The lowest BCUT2D eigenvalue weighted by Gasteiger charge is -2.14. The number of benzene rings is 1. The first-order valence-electron chi connectivity index (χ1n) is 6.03. The van der Waals surface area contributed by atoms with Crippen molar-refractivity contribution in [1.82, 2.24) is 0 Å². The van der Waals surface area contributed by atoms with Crippen LogP contribution in [-0.2, 0) is 33.4 Å². The molecule has 0 aliphatic carbocycles. The Morgan fingerprint density at radius 2 is 1.74 bits per heavy atom. The maximum absolute atomic E-state index is 12.1. The van der Waals surface area contributed by atoms with E-state index < -0.39 is 44.4 Å². The standard InChI is InChI=1S/C12H13NO9S/c1-20-11(14)7-10(12(15)21-2)22-23(18,19)9-5-3-8(4-6-9)13(16)17/h3-6,10H,7H2,1-2H3. The van der Waals surface area contributed by atoms with Crippen molar-refractivity contribution >= 4 is 27.7 Å². The van der Waals surface area contributed by atoms with Crippen molar-refractivity contribution in [3.05, 3.63) is 34.4 Å². The van der Waals surface area contributed by atoms with Gasteiger partial charge in [0.25, 0.3) is 15.8 Å². The first-order chi connectivity index (χ1) is 10.7. The van der Waals surface area contributed by atoms with Gasteiger partial charge in [0.05, 0.1) is 30.5 Å². The van der Waals surface area contributed by atoms with Crippen LogP contribution >= 0.6 is 0 Å². The van der Waals surface area contributed by atoms with Crippen LogP contribution in [-0.4, -0.2) is 45.6 Å². The summed E-state index contributed by atoms with van der Waals surface area (Å²) in [6, 6.07) is 3.81. The topological polar surface area (TPSA) is 139 Å². The number of nitrogens with zero attached hydrogens (tertiary/aromatic N) is 1. The molecule has 0 heterocycles. The van der Waals surface area contributed by atoms with Crippen LogP contribution < -0.4 is 0 Å². The molecule has 0 saturated heterocycles. The molecule has 1 aromatic rings. The molecule has 126 valence electrons. The summed E-state index contributed by atoms with van der Waals surface area (Å²) in [5.74, 6) is -1.96. The molecule has 11 heteroatoms. The van der Waals surface area contributed by atoms with Crippen LogP contribution in [0.25, 0.3) is 0 Å². The zero-order valence-corrected chi connectivity index (χ0v) is 12.9. The van der Waals surface area contributed by atoms with Gasteiger partial charge in [0.1, 0.15) is 0 Å². The number of nitro groups is 1. The van der Waals surface area contributed by atoms with E-state index in [1.54, 1.807) is 0 Å². The van der Waals surface area contributed by atoms with Crippen LogP contribution in [0.3, 0.4) is 0 Å². The number of hydrogen-bond acceptors (Lipinski definition) is 9. The first-order valence-corrected chi connectivity index (χ1v) is 7.44. The minimum atomic E-state index is -4.44. The smallest absolute Gasteiger partial charge is 0.337 e. The zero-order valence-electron chi connectivity index (χ0n) is 12.1. The number of non-ortho nitro benzene ring substituents is 1. The van der Waals surface area contributed by atoms with Crippen LogP contribution in [0.4, 0.5) is 5.69 Å². The normalized spacial score (nSPS) is 12.3. The number of ether oxygens (including phenoxy) is 2. The third-order valence-corrected chi connectivity index (χ3v) is 3.96. The molecule has 0 saturated carbocycles. The van der Waals surface area contributed by atoms with Gasteiger partial charge in [-0.15, -0.1) is 0 Å². The summed E-state index contributed by atoms with van der Waals surface area (Å²) in [7, 11) is -2.39. The van der Waals surface area contributed by atoms with Crippen LogP contribution in [0.2, 0.25) is 0 Å². The summed E-state index contributed by atoms with van der Waals surface area (Å²) < 4.78 is 37.5. The zero-order chi connectivity index (χ0) is 17.6. The van der Waals surface area contributed by atoms with Crippen LogP contribution in [0.5, 0.6) is 0 Å². The lowest BCUT2D eigenvalue weighted by molar-refractivity contribution is -0.384. The van der Waals surface area contributed by atoms with E-state index in [9.17, 15) is 28.1 Å². The molecule has 0 bridgehead atoms. The molecule has 0 N–H and O–H groups in total. The third-order valence-electron chi connectivity index (χ3n) is 2.62. The number of rotatable bonds is 7. The van der Waals surface area contributed by atoms with E-state index in [-0.39, 0.29) is 5.69 Å². The summed E-state index contributed by atoms with van der Waals surface area (Å²) in [5.41, 5.74) is -0.317. The SMILES string of the molecule is COC(=O)CC(OS(=O)(=O)c1ccc([N+](=O)[O-])cc1)C(=O)OC. The fourth-order valence-electron chi connectivity index (χ4n) is 1.47. The monoisotopic (exact) mass is 347 g/mol. The molecule has 0 aliphatic rings. The van der Waals surface area contributed by atoms with Gasteiger partial charge in [-0.2, -0.15) is 8.42 Å². The predicted molar refractivity (Wildman–Crippen MR) is 73.8 cm³/mol. The summed E-state index contributed by atoms with van der Waals surface area (Å²) in [6.45, 7) is 0. The lowest BCUT2D eigenvalue weighted by atomic mass is 10.2. The Balaban J connectivity index is 3.02. The molecular formula is C12H13NO9S. The summed E-state index contributed by atoms with van der Waals surface area (Å²) in [5, 5.41) is 10.5. The van der Waals surface area contributed by atoms with Crippen LogP contribution in [0.1, 0.15) is 6.42 Å². The van der Waals surface area contributed by atoms with Gasteiger partial charge >= 0.3 is 11.9 Å². The van der Waals surface area contributed by atoms with Crippen molar-refractivity contribution < 1.29 is 36.6 Å². The van der Waals surface area contributed by atoms with Crippen molar-refractivity contribution in [2.24, 2.45) is 0 Å². The van der Waals surface area contributed by atoms with Crippen molar-refractivity contribution in [2.45, 2.75) is 17.4 Å². The largest absolute Gasteiger partial charge is 0.469 e. The molecule has 0 amide bonds. The Bertz CT molecular complexity index is 696. The molecule has 1 unspecified atom stereocenters. The van der Waals surface area contributed by atoms with Gasteiger partial charge in [-0.3, -0.25) is 19.1 Å². The molecule has 10 nitrogen and oxygen atoms in total. The average molecular weight is 347 g/mol. The van der Waals surface area contributed by atoms with Gasteiger partial charge in [-0.1, -0.05) is 0 Å². The summed E-state index contributed by atoms with van der Waals surface area (Å²) in [6.07, 6.45) is -2.40. The number of carbonyl (C=O) groups excluding carboxylic acids is 2. The number of esters is 2. The van der Waals surface area contributed by atoms with Crippen molar-refractivity contribution in [3.63, 3.8) is 0 Å². The van der Waals surface area contributed by atoms with E-state index in [0.717, 1.165) is 38.5 Å². The predicted octanol–water partition coefficient (Wildman–Crippen LogP) is 0.405. The Morgan fingerprint density at radius 3 is 2.17 bits per heavy atom. The number of methoxy groups -OCH3 is 2. The third kappa shape index (κ3) is 5.00. The van der Waals surface area contributed by atoms with Crippen LogP contribution in [0.15, 0.2) is 29.2 Å². The second kappa shape index (κ2) is 7.65. The Kier molecular flexibility index (Phi) is 6.16. The molecule has 23 heavy (non-hydrogen) atoms. The van der Waals surface area contributed by atoms with E-state index in [1.165, 1.54) is 0 Å². The lowest BCUT2D eigenvalue weighted by Crippen LogP contribution is -2.31. The van der Waals surface area contributed by atoms with Crippen molar-refractivity contribution in [3.8, 4) is 0 Å². The summed E-state index contributed by atoms with van der Waals surface area (Å²) in [4.78, 5) is 32.1. The average Bonchev–Trinajstić information content (AvgIpc) is 2.53. The molecule has 1 atom stereocenters. The van der Waals surface area contributed by atoms with Gasteiger partial charge in [0, 0.05) is 12.1 Å². The van der Waals surface area contributed by atoms with Crippen molar-refractivity contribution in [1.29, 1.82) is 0 Å². The molecule has 1 aromatic carbocycles. The van der Waals surface area contributed by atoms with E-state index >= 15 is 0 Å². The Labute approximate surface area is 131 Å². The number of carbonyl (C=O) groups is 2. The van der Waals surface area contributed by atoms with Gasteiger partial charge in [-0.25, -0.2) is 4.79 Å². The molecule has 1 rings (SSSR count). The van der Waals surface area contributed by atoms with Gasteiger partial charge in [-0.05, 0) is 12.1 Å². The van der Waals surface area contributed by atoms with Crippen molar-refractivity contribution in [2.75, 3.05) is 14.2 Å². The molecule has 0 aromatic heterocycles. The highest BCUT2D eigenvalue weighted by Crippen LogP contribution is 2.20. The summed E-state index contributed by atoms with van der Waals surface area (Å²) >= 11 is 0. The fraction of sp³-hybridized carbons (Fsp3) is 0.333. The molecule has 0 fully saturated rings. The number of hydrogen-bond donors (Lipinski definition) is 0. The van der Waals surface area contributed by atoms with Gasteiger partial charge in [0.15, 0.2) is 6.10 Å². The Morgan fingerprint density at radius 1 is 1.17 bits per heavy atom. The van der Waals surface area contributed by atoms with E-state index in [4.69, 9.17) is 0 Å². The highest BCUT2D eigenvalue weighted by molar-refractivity contribution is 7.86. The second-order valence-electron chi connectivity index (χ2n) is 4.09. The van der Waals surface area contributed by atoms with E-state index in [2.05, 4.69) is 13.7 Å². The number of nitro benzene ring substituents is 1. The minimum Gasteiger partial charge on any atom is -0.469 e. The highest BCUT2D eigenvalue weighted by Gasteiger charge is 2.31. The first kappa shape index (κ1) is 18.5. The molecule has 0 spiro atoms. The van der Waals surface area contributed by atoms with Gasteiger partial charge in [0.2, 0.25) is 0 Å².